The smallest absolute Gasteiger partial charge is 0.251 e. The molecule has 0 saturated carbocycles. The van der Waals surface area contributed by atoms with Crippen LogP contribution in [0, 0.1) is 38.8 Å². The van der Waals surface area contributed by atoms with Gasteiger partial charge in [-0.25, -0.2) is 4.98 Å². The third-order valence-corrected chi connectivity index (χ3v) is 15.7. The third-order valence-electron chi connectivity index (χ3n) is 14.6. The zero-order valence-electron chi connectivity index (χ0n) is 59.1. The first-order valence-electron chi connectivity index (χ1n) is 32.2. The molecule has 7 aromatic heterocycles. The molecule has 90 heavy (non-hydrogen) atoms. The second-order valence-electron chi connectivity index (χ2n) is 25.1. The van der Waals surface area contributed by atoms with Crippen molar-refractivity contribution >= 4 is 11.3 Å². The molecule has 0 spiro atoms. The highest BCUT2D eigenvalue weighted by Gasteiger charge is 2.14. The summed E-state index contributed by atoms with van der Waals surface area (Å²) in [5, 5.41) is 32.5. The van der Waals surface area contributed by atoms with Gasteiger partial charge in [-0.1, -0.05) is 192 Å². The molecular formula is C78H113N7O4S. The molecule has 0 unspecified atom stereocenters. The topological polar surface area (TPSA) is 165 Å². The number of allylic oxidation sites excluding steroid dienone is 4. The second kappa shape index (κ2) is 44.1. The van der Waals surface area contributed by atoms with E-state index in [9.17, 15) is 15.1 Å². The van der Waals surface area contributed by atoms with Crippen molar-refractivity contribution in [3.63, 3.8) is 0 Å². The third kappa shape index (κ3) is 30.9. The molecule has 1 aromatic carbocycles. The van der Waals surface area contributed by atoms with Crippen molar-refractivity contribution in [1.82, 2.24) is 29.9 Å². The summed E-state index contributed by atoms with van der Waals surface area (Å²) in [5.41, 5.74) is 16.3. The molecule has 0 aliphatic heterocycles. The van der Waals surface area contributed by atoms with Gasteiger partial charge in [-0.15, -0.1) is 11.3 Å². The molecule has 11 nitrogen and oxygen atoms in total. The summed E-state index contributed by atoms with van der Waals surface area (Å²) in [7, 11) is 0. The van der Waals surface area contributed by atoms with Gasteiger partial charge in [0.25, 0.3) is 5.56 Å². The summed E-state index contributed by atoms with van der Waals surface area (Å²) in [6, 6.07) is 24.4. The predicted molar refractivity (Wildman–Crippen MR) is 383 cm³/mol. The Kier molecular flexibility index (Phi) is 39.5. The number of thiazole rings is 1. The molecule has 1 aliphatic rings. The average Bonchev–Trinajstić information content (AvgIpc) is 1.25. The van der Waals surface area contributed by atoms with Gasteiger partial charge >= 0.3 is 0 Å². The van der Waals surface area contributed by atoms with E-state index >= 15 is 0 Å². The summed E-state index contributed by atoms with van der Waals surface area (Å²) in [5.74, 6) is 5.08. The maximum atomic E-state index is 11.4. The molecule has 0 amide bonds. The number of aliphatic hydroxyl groups is 1. The number of aromatic amines is 1. The first kappa shape index (κ1) is 80.6. The van der Waals surface area contributed by atoms with Crippen LogP contribution in [0.5, 0.6) is 5.75 Å². The summed E-state index contributed by atoms with van der Waals surface area (Å²) >= 11 is 1.72. The lowest BCUT2D eigenvalue weighted by molar-refractivity contribution is -0.605. The highest BCUT2D eigenvalue weighted by atomic mass is 32.1. The Morgan fingerprint density at radius 3 is 1.54 bits per heavy atom. The number of hydrogen-bond donors (Lipinski definition) is 3. The van der Waals surface area contributed by atoms with Gasteiger partial charge in [0.1, 0.15) is 5.75 Å². The van der Waals surface area contributed by atoms with E-state index in [1.165, 1.54) is 68.3 Å². The number of rotatable bonds is 11. The van der Waals surface area contributed by atoms with E-state index in [1.807, 2.05) is 99.7 Å². The van der Waals surface area contributed by atoms with E-state index in [4.69, 9.17) is 5.11 Å². The molecule has 9 rings (SSSR count). The summed E-state index contributed by atoms with van der Waals surface area (Å²) in [4.78, 5) is 34.4. The summed E-state index contributed by atoms with van der Waals surface area (Å²) in [6.07, 6.45) is 26.3. The second-order valence-corrected chi connectivity index (χ2v) is 26.0. The Bertz CT molecular complexity index is 3200. The van der Waals surface area contributed by atoms with E-state index < -0.39 is 0 Å². The van der Waals surface area contributed by atoms with Crippen molar-refractivity contribution in [3.8, 4) is 5.75 Å². The molecule has 490 valence electrons. The average molecular weight is 1240 g/mol. The van der Waals surface area contributed by atoms with Crippen LogP contribution in [-0.2, 0) is 13.0 Å². The number of hydrogen-bond acceptors (Lipinski definition) is 10. The number of aryl methyl sites for hydroxylation is 4. The first-order valence-corrected chi connectivity index (χ1v) is 33.1. The van der Waals surface area contributed by atoms with Gasteiger partial charge in [0.2, 0.25) is 0 Å². The number of benzene rings is 1. The molecule has 3 N–H and O–H groups in total. The molecular weight excluding hydrogens is 1130 g/mol. The van der Waals surface area contributed by atoms with Crippen LogP contribution in [0.25, 0.3) is 0 Å². The fourth-order valence-electron chi connectivity index (χ4n) is 9.24. The first-order chi connectivity index (χ1) is 42.5. The van der Waals surface area contributed by atoms with Crippen LogP contribution in [0.15, 0.2) is 169 Å². The number of aromatic nitrogens is 7. The lowest BCUT2D eigenvalue weighted by atomic mass is 9.93. The Labute approximate surface area is 548 Å². The highest BCUT2D eigenvalue weighted by molar-refractivity contribution is 7.09. The number of aromatic hydroxyl groups is 1. The van der Waals surface area contributed by atoms with E-state index in [0.29, 0.717) is 52.7 Å². The van der Waals surface area contributed by atoms with E-state index in [0.717, 1.165) is 33.9 Å². The van der Waals surface area contributed by atoms with Gasteiger partial charge in [0, 0.05) is 95.4 Å². The van der Waals surface area contributed by atoms with Crippen molar-refractivity contribution in [2.24, 2.45) is 5.92 Å². The van der Waals surface area contributed by atoms with Gasteiger partial charge in [0.05, 0.1) is 17.3 Å². The van der Waals surface area contributed by atoms with Gasteiger partial charge in [-0.2, -0.15) is 4.73 Å². The zero-order chi connectivity index (χ0) is 68.0. The fraction of sp³-hybridized carbons (Fsp3) is 0.449. The molecule has 0 bridgehead atoms. The minimum absolute atomic E-state index is 0.0425. The standard InChI is InChI=1S/C11H17NO.C10H15NO2.C10H14.C9H13N.C8H11NO.2C8H11N.C8H12.C6H9NS/c1-5-9-6-12-11(13)8(4)10(9)7(2)3;1-6(2)9-8(5-12)4-11-7(3)10(9)13;1-8(2)10-7-5-4-6-9(10)3;1-7(2)9-4-5-10-6-8(9)3;1-7(2)8-3-5-9(10)6-4-8;1-7(2)8-4-3-5-9-6-8;1-7(2)8-5-3-4-6-9-8;1-7(2)8-5-3-4-6-8;1-5(2)6-7-3-4-8-6/h6-7H,5H2,1-4H3,(H,12,13);4,6,12-13H,5H2,1-3H3;4-8H,1-3H3;4-7H,1-3H3;3-7H,1-2H3;2*3-7H,1-2H3;3-5,7H,6H2,1-2H3;3-5H,1-2H3. The molecule has 0 saturated heterocycles. The van der Waals surface area contributed by atoms with E-state index in [1.54, 1.807) is 36.2 Å². The van der Waals surface area contributed by atoms with Gasteiger partial charge in [-0.3, -0.25) is 24.7 Å². The van der Waals surface area contributed by atoms with Crippen molar-refractivity contribution < 1.29 is 14.9 Å². The van der Waals surface area contributed by atoms with Gasteiger partial charge in [-0.05, 0) is 157 Å². The number of H-pyrrole nitrogens is 1. The molecule has 0 atom stereocenters. The van der Waals surface area contributed by atoms with Crippen LogP contribution in [0.4, 0.5) is 0 Å². The Balaban J connectivity index is 0.000000509. The van der Waals surface area contributed by atoms with Crippen LogP contribution in [0.3, 0.4) is 0 Å². The SMILES string of the molecule is CC(C)C1=CC=CC1.CC(C)c1cc[n+]([O-])cc1.CC(C)c1ccccn1.CC(C)c1cccnc1.CC(C)c1nccs1.CCc1c[nH]c(=O)c(C)c1C(C)C.Cc1ccccc1C(C)C.Cc1cnccc1C(C)C.Cc1ncc(CO)c(C(C)C)c1O. The quantitative estimate of drug-likeness (QED) is 0.0844. The normalized spacial score (nSPS) is 11.1. The fourth-order valence-corrected chi connectivity index (χ4v) is 9.90. The predicted octanol–water partition coefficient (Wildman–Crippen LogP) is 20.4. The summed E-state index contributed by atoms with van der Waals surface area (Å²) < 4.78 is 0.798. The number of nitrogens with zero attached hydrogens (tertiary/aromatic N) is 6. The highest BCUT2D eigenvalue weighted by Crippen LogP contribution is 2.31. The van der Waals surface area contributed by atoms with Crippen LogP contribution in [0.2, 0.25) is 0 Å². The largest absolute Gasteiger partial charge is 0.619 e. The number of aliphatic hydroxyl groups excluding tert-OH is 1. The van der Waals surface area contributed by atoms with Crippen LogP contribution >= 0.6 is 11.3 Å². The van der Waals surface area contributed by atoms with E-state index in [2.05, 4.69) is 216 Å². The van der Waals surface area contributed by atoms with Crippen LogP contribution < -0.4 is 10.3 Å². The maximum absolute atomic E-state index is 11.4. The molecule has 0 radical (unpaired) electrons. The molecule has 8 aromatic rings. The van der Waals surface area contributed by atoms with Gasteiger partial charge < -0.3 is 20.4 Å². The minimum Gasteiger partial charge on any atom is -0.619 e. The van der Waals surface area contributed by atoms with Crippen molar-refractivity contribution in [2.45, 2.75) is 226 Å². The van der Waals surface area contributed by atoms with Crippen LogP contribution in [0.1, 0.15) is 263 Å². The Morgan fingerprint density at radius 1 is 0.567 bits per heavy atom. The molecule has 1 aliphatic carbocycles. The zero-order valence-corrected chi connectivity index (χ0v) is 59.9. The lowest BCUT2D eigenvalue weighted by Gasteiger charge is -2.13. The number of pyridine rings is 6. The lowest BCUT2D eigenvalue weighted by Crippen LogP contribution is -2.23. The number of nitrogens with one attached hydrogen (secondary N) is 1. The molecule has 12 heteroatoms. The van der Waals surface area contributed by atoms with Crippen LogP contribution in [-0.4, -0.2) is 40.1 Å². The van der Waals surface area contributed by atoms with Crippen molar-refractivity contribution in [3.05, 3.63) is 257 Å². The summed E-state index contributed by atoms with van der Waals surface area (Å²) in [6.45, 7) is 48.6. The van der Waals surface area contributed by atoms with Gasteiger partial charge in [0.15, 0.2) is 12.4 Å². The van der Waals surface area contributed by atoms with E-state index in [-0.39, 0.29) is 23.8 Å². The molecule has 0 fully saturated rings. The monoisotopic (exact) mass is 1240 g/mol. The maximum Gasteiger partial charge on any atom is 0.251 e. The Morgan fingerprint density at radius 2 is 1.17 bits per heavy atom. The van der Waals surface area contributed by atoms with Crippen molar-refractivity contribution in [2.75, 3.05) is 0 Å². The van der Waals surface area contributed by atoms with Crippen molar-refractivity contribution in [1.29, 1.82) is 0 Å². The molecule has 7 heterocycles. The Hall–Kier alpha value is -7.41. The minimum atomic E-state index is -0.0750.